The molecule has 1 aliphatic rings. The Morgan fingerprint density at radius 3 is 2.48 bits per heavy atom. The fourth-order valence-corrected chi connectivity index (χ4v) is 2.61. The highest BCUT2D eigenvalue weighted by molar-refractivity contribution is 5.80. The van der Waals surface area contributed by atoms with Gasteiger partial charge >= 0.3 is 0 Å². The number of hydrogen-bond donors (Lipinski definition) is 2. The summed E-state index contributed by atoms with van der Waals surface area (Å²) >= 11 is 0. The zero-order valence-electron chi connectivity index (χ0n) is 13.1. The third kappa shape index (κ3) is 6.26. The number of benzene rings is 1. The summed E-state index contributed by atoms with van der Waals surface area (Å²) in [4.78, 5) is 23.4. The first-order valence-electron chi connectivity index (χ1n) is 8.08. The Kier molecular flexibility index (Phi) is 6.84. The fourth-order valence-electron chi connectivity index (χ4n) is 2.61. The minimum absolute atomic E-state index is 0.0648. The van der Waals surface area contributed by atoms with E-state index >= 15 is 0 Å². The highest BCUT2D eigenvalue weighted by atomic mass is 19.1. The lowest BCUT2D eigenvalue weighted by atomic mass is 10.1. The van der Waals surface area contributed by atoms with Crippen LogP contribution in [0.2, 0.25) is 0 Å². The molecule has 0 aromatic heterocycles. The van der Waals surface area contributed by atoms with Gasteiger partial charge < -0.3 is 15.4 Å². The Hall–Kier alpha value is -2.11. The van der Waals surface area contributed by atoms with Crippen molar-refractivity contribution in [2.24, 2.45) is 5.92 Å². The Labute approximate surface area is 135 Å². The Bertz CT molecular complexity index is 513. The summed E-state index contributed by atoms with van der Waals surface area (Å²) in [5, 5.41) is 5.53. The number of hydrogen-bond acceptors (Lipinski definition) is 3. The van der Waals surface area contributed by atoms with Crippen molar-refractivity contribution in [3.8, 4) is 5.75 Å². The average molecular weight is 322 g/mol. The first kappa shape index (κ1) is 17.2. The van der Waals surface area contributed by atoms with Crippen molar-refractivity contribution in [2.75, 3.05) is 19.7 Å². The number of halogens is 1. The maximum atomic E-state index is 12.7. The second-order valence-corrected chi connectivity index (χ2v) is 5.67. The van der Waals surface area contributed by atoms with Crippen molar-refractivity contribution < 1.29 is 18.7 Å². The minimum atomic E-state index is -0.315. The molecular weight excluding hydrogens is 299 g/mol. The van der Waals surface area contributed by atoms with Gasteiger partial charge in [0.15, 0.2) is 0 Å². The van der Waals surface area contributed by atoms with Gasteiger partial charge in [-0.2, -0.15) is 0 Å². The van der Waals surface area contributed by atoms with E-state index in [0.717, 1.165) is 25.7 Å². The lowest BCUT2D eigenvalue weighted by molar-refractivity contribution is -0.125. The van der Waals surface area contributed by atoms with Crippen molar-refractivity contribution in [3.05, 3.63) is 30.1 Å². The third-order valence-corrected chi connectivity index (χ3v) is 3.88. The van der Waals surface area contributed by atoms with Crippen LogP contribution in [0.25, 0.3) is 0 Å². The van der Waals surface area contributed by atoms with E-state index in [1.165, 1.54) is 24.3 Å². The summed E-state index contributed by atoms with van der Waals surface area (Å²) in [6.45, 7) is 1.04. The molecule has 1 saturated carbocycles. The van der Waals surface area contributed by atoms with Crippen LogP contribution in [0.15, 0.2) is 24.3 Å². The highest BCUT2D eigenvalue weighted by Gasteiger charge is 2.22. The molecule has 1 fully saturated rings. The van der Waals surface area contributed by atoms with Gasteiger partial charge in [-0.05, 0) is 37.1 Å². The van der Waals surface area contributed by atoms with Crippen LogP contribution in [-0.4, -0.2) is 31.5 Å². The van der Waals surface area contributed by atoms with Gasteiger partial charge in [0.05, 0.1) is 6.54 Å². The van der Waals surface area contributed by atoms with Crippen molar-refractivity contribution in [3.63, 3.8) is 0 Å². The van der Waals surface area contributed by atoms with Gasteiger partial charge in [-0.3, -0.25) is 9.59 Å². The van der Waals surface area contributed by atoms with Crippen molar-refractivity contribution >= 4 is 11.8 Å². The summed E-state index contributed by atoms with van der Waals surface area (Å²) in [6, 6.07) is 5.72. The van der Waals surface area contributed by atoms with Crippen molar-refractivity contribution in [1.29, 1.82) is 0 Å². The molecule has 2 N–H and O–H groups in total. The van der Waals surface area contributed by atoms with Gasteiger partial charge in [-0.15, -0.1) is 0 Å². The van der Waals surface area contributed by atoms with Gasteiger partial charge in [0.25, 0.3) is 0 Å². The van der Waals surface area contributed by atoms with Crippen LogP contribution in [0.5, 0.6) is 5.75 Å². The smallest absolute Gasteiger partial charge is 0.223 e. The summed E-state index contributed by atoms with van der Waals surface area (Å²) in [6.07, 6.45) is 4.41. The Morgan fingerprint density at radius 2 is 1.78 bits per heavy atom. The lowest BCUT2D eigenvalue weighted by Gasteiger charge is -2.10. The Morgan fingerprint density at radius 1 is 1.09 bits per heavy atom. The monoisotopic (exact) mass is 322 g/mol. The molecule has 1 aromatic carbocycles. The fraction of sp³-hybridized carbons (Fsp3) is 0.529. The van der Waals surface area contributed by atoms with Gasteiger partial charge in [-0.1, -0.05) is 12.8 Å². The van der Waals surface area contributed by atoms with E-state index in [1.54, 1.807) is 0 Å². The molecule has 2 rings (SSSR count). The molecule has 1 aromatic rings. The van der Waals surface area contributed by atoms with Gasteiger partial charge in [0.2, 0.25) is 11.8 Å². The highest BCUT2D eigenvalue weighted by Crippen LogP contribution is 2.24. The normalized spacial score (nSPS) is 14.5. The van der Waals surface area contributed by atoms with Crippen LogP contribution in [-0.2, 0) is 9.59 Å². The van der Waals surface area contributed by atoms with E-state index in [1.807, 2.05) is 0 Å². The molecule has 0 atom stereocenters. The molecule has 0 radical (unpaired) electrons. The number of ether oxygens (including phenoxy) is 1. The van der Waals surface area contributed by atoms with E-state index in [-0.39, 0.29) is 30.0 Å². The molecule has 0 aliphatic heterocycles. The van der Waals surface area contributed by atoms with E-state index in [4.69, 9.17) is 4.74 Å². The molecule has 0 unspecified atom stereocenters. The number of nitrogens with one attached hydrogen (secondary N) is 2. The standard InChI is InChI=1S/C17H23FN2O3/c18-14-5-7-15(8-6-14)23-12-11-19-16(21)9-10-20-17(22)13-3-1-2-4-13/h5-8,13H,1-4,9-12H2,(H,19,21)(H,20,22). The topological polar surface area (TPSA) is 67.4 Å². The van der Waals surface area contributed by atoms with Gasteiger partial charge in [0.1, 0.15) is 18.2 Å². The zero-order valence-corrected chi connectivity index (χ0v) is 13.1. The first-order valence-corrected chi connectivity index (χ1v) is 8.08. The van der Waals surface area contributed by atoms with Crippen LogP contribution in [0.4, 0.5) is 4.39 Å². The number of amides is 2. The Balaban J connectivity index is 1.51. The second kappa shape index (κ2) is 9.12. The number of carbonyl (C=O) groups is 2. The van der Waals surface area contributed by atoms with E-state index in [9.17, 15) is 14.0 Å². The maximum absolute atomic E-state index is 12.7. The van der Waals surface area contributed by atoms with Crippen LogP contribution in [0.1, 0.15) is 32.1 Å². The van der Waals surface area contributed by atoms with Crippen LogP contribution in [0, 0.1) is 11.7 Å². The summed E-state index contributed by atoms with van der Waals surface area (Å²) in [5.41, 5.74) is 0. The first-order chi connectivity index (χ1) is 11.1. The molecule has 0 saturated heterocycles. The SMILES string of the molecule is O=C(CCNC(=O)C1CCCC1)NCCOc1ccc(F)cc1. The molecule has 5 nitrogen and oxygen atoms in total. The minimum Gasteiger partial charge on any atom is -0.492 e. The van der Waals surface area contributed by atoms with Gasteiger partial charge in [-0.25, -0.2) is 4.39 Å². The van der Waals surface area contributed by atoms with Crippen LogP contribution < -0.4 is 15.4 Å². The van der Waals surface area contributed by atoms with E-state index in [0.29, 0.717) is 25.4 Å². The maximum Gasteiger partial charge on any atom is 0.223 e. The van der Waals surface area contributed by atoms with E-state index in [2.05, 4.69) is 10.6 Å². The molecule has 0 heterocycles. The van der Waals surface area contributed by atoms with Crippen LogP contribution in [0.3, 0.4) is 0 Å². The molecule has 6 heteroatoms. The van der Waals surface area contributed by atoms with E-state index < -0.39 is 0 Å². The largest absolute Gasteiger partial charge is 0.492 e. The summed E-state index contributed by atoms with van der Waals surface area (Å²) < 4.78 is 18.1. The second-order valence-electron chi connectivity index (χ2n) is 5.67. The summed E-state index contributed by atoms with van der Waals surface area (Å²) in [5.74, 6) is 0.311. The quantitative estimate of drug-likeness (QED) is 0.720. The lowest BCUT2D eigenvalue weighted by Crippen LogP contribution is -2.34. The molecule has 1 aliphatic carbocycles. The average Bonchev–Trinajstić information content (AvgIpc) is 3.08. The van der Waals surface area contributed by atoms with Crippen molar-refractivity contribution in [1.82, 2.24) is 10.6 Å². The summed E-state index contributed by atoms with van der Waals surface area (Å²) in [7, 11) is 0. The molecular formula is C17H23FN2O3. The van der Waals surface area contributed by atoms with Crippen LogP contribution >= 0.6 is 0 Å². The molecule has 0 bridgehead atoms. The predicted octanol–water partition coefficient (Wildman–Crippen LogP) is 2.02. The molecule has 0 spiro atoms. The van der Waals surface area contributed by atoms with Crippen molar-refractivity contribution in [2.45, 2.75) is 32.1 Å². The van der Waals surface area contributed by atoms with Gasteiger partial charge in [0, 0.05) is 18.9 Å². The molecule has 23 heavy (non-hydrogen) atoms. The molecule has 126 valence electrons. The number of rotatable bonds is 8. The number of carbonyl (C=O) groups excluding carboxylic acids is 2. The predicted molar refractivity (Wildman–Crippen MR) is 84.5 cm³/mol. The molecule has 2 amide bonds. The third-order valence-electron chi connectivity index (χ3n) is 3.88. The zero-order chi connectivity index (χ0) is 16.5.